The van der Waals surface area contributed by atoms with E-state index in [-0.39, 0.29) is 16.8 Å². The smallest absolute Gasteiger partial charge is 0.242 e. The standard InChI is InChI=1S/C20H35N5O3S/c1-5-8-17(4)22-29(27,28)18-9-10-19(21-15-18)25-13-11-23(12-14-25)16-20(26)24(6-2)7-3/h9-10,15,17,22H,5-8,11-14,16H2,1-4H3. The summed E-state index contributed by atoms with van der Waals surface area (Å²) in [7, 11) is -3.55. The first kappa shape index (κ1) is 23.6. The van der Waals surface area contributed by atoms with Crippen molar-refractivity contribution in [2.75, 3.05) is 50.7 Å². The molecule has 1 aromatic rings. The van der Waals surface area contributed by atoms with Crippen molar-refractivity contribution in [3.05, 3.63) is 18.3 Å². The quantitative estimate of drug-likeness (QED) is 0.612. The van der Waals surface area contributed by atoms with Gasteiger partial charge in [-0.25, -0.2) is 18.1 Å². The predicted octanol–water partition coefficient (Wildman–Crippen LogP) is 1.54. The summed E-state index contributed by atoms with van der Waals surface area (Å²) in [6.45, 7) is 12.9. The molecule has 1 unspecified atom stereocenters. The van der Waals surface area contributed by atoms with Crippen molar-refractivity contribution in [3.63, 3.8) is 0 Å². The van der Waals surface area contributed by atoms with Crippen molar-refractivity contribution in [2.24, 2.45) is 0 Å². The highest BCUT2D eigenvalue weighted by Gasteiger charge is 2.22. The minimum Gasteiger partial charge on any atom is -0.354 e. The van der Waals surface area contributed by atoms with Crippen molar-refractivity contribution in [1.82, 2.24) is 19.5 Å². The number of piperazine rings is 1. The molecule has 2 heterocycles. The van der Waals surface area contributed by atoms with Crippen LogP contribution >= 0.6 is 0 Å². The summed E-state index contributed by atoms with van der Waals surface area (Å²) in [6, 6.07) is 3.27. The third-order valence-corrected chi connectivity index (χ3v) is 6.86. The van der Waals surface area contributed by atoms with Crippen molar-refractivity contribution in [2.45, 2.75) is 51.5 Å². The van der Waals surface area contributed by atoms with E-state index < -0.39 is 10.0 Å². The molecule has 1 saturated heterocycles. The van der Waals surface area contributed by atoms with E-state index in [1.807, 2.05) is 32.6 Å². The Morgan fingerprint density at radius 2 is 1.83 bits per heavy atom. The predicted molar refractivity (Wildman–Crippen MR) is 116 cm³/mol. The Morgan fingerprint density at radius 1 is 1.17 bits per heavy atom. The summed E-state index contributed by atoms with van der Waals surface area (Å²) >= 11 is 0. The van der Waals surface area contributed by atoms with Gasteiger partial charge in [-0.15, -0.1) is 0 Å². The van der Waals surface area contributed by atoms with Crippen LogP contribution in [0.3, 0.4) is 0 Å². The van der Waals surface area contributed by atoms with E-state index in [0.29, 0.717) is 6.54 Å². The molecule has 0 aromatic carbocycles. The summed E-state index contributed by atoms with van der Waals surface area (Å²) in [4.78, 5) is 23.0. The third-order valence-electron chi connectivity index (χ3n) is 5.28. The lowest BCUT2D eigenvalue weighted by Crippen LogP contribution is -2.50. The Kier molecular flexibility index (Phi) is 8.85. The van der Waals surface area contributed by atoms with Crippen LogP contribution in [0.25, 0.3) is 0 Å². The molecule has 0 saturated carbocycles. The molecule has 8 nitrogen and oxygen atoms in total. The van der Waals surface area contributed by atoms with Gasteiger partial charge in [-0.3, -0.25) is 9.69 Å². The van der Waals surface area contributed by atoms with Crippen LogP contribution in [0, 0.1) is 0 Å². The lowest BCUT2D eigenvalue weighted by atomic mass is 10.2. The molecule has 1 aliphatic heterocycles. The molecule has 0 bridgehead atoms. The number of likely N-dealkylation sites (N-methyl/N-ethyl adjacent to an activating group) is 1. The summed E-state index contributed by atoms with van der Waals surface area (Å²) in [5.74, 6) is 0.932. The van der Waals surface area contributed by atoms with Gasteiger partial charge in [0, 0.05) is 51.5 Å². The number of rotatable bonds is 10. The molecule has 0 spiro atoms. The average molecular weight is 426 g/mol. The van der Waals surface area contributed by atoms with Crippen molar-refractivity contribution in [1.29, 1.82) is 0 Å². The van der Waals surface area contributed by atoms with E-state index in [1.165, 1.54) is 6.20 Å². The van der Waals surface area contributed by atoms with Gasteiger partial charge in [-0.05, 0) is 39.3 Å². The monoisotopic (exact) mass is 425 g/mol. The van der Waals surface area contributed by atoms with E-state index in [9.17, 15) is 13.2 Å². The van der Waals surface area contributed by atoms with E-state index >= 15 is 0 Å². The number of anilines is 1. The molecule has 1 amide bonds. The van der Waals surface area contributed by atoms with E-state index in [0.717, 1.165) is 57.9 Å². The maximum absolute atomic E-state index is 12.4. The fourth-order valence-corrected chi connectivity index (χ4v) is 4.77. The Hall–Kier alpha value is -1.71. The number of hydrogen-bond donors (Lipinski definition) is 1. The van der Waals surface area contributed by atoms with Crippen molar-refractivity contribution < 1.29 is 13.2 Å². The SMILES string of the molecule is CCCC(C)NS(=O)(=O)c1ccc(N2CCN(CC(=O)N(CC)CC)CC2)nc1. The maximum Gasteiger partial charge on any atom is 0.242 e. The molecule has 1 atom stereocenters. The van der Waals surface area contributed by atoms with Gasteiger partial charge in [0.1, 0.15) is 10.7 Å². The van der Waals surface area contributed by atoms with Crippen LogP contribution in [0.2, 0.25) is 0 Å². The van der Waals surface area contributed by atoms with Gasteiger partial charge in [0.25, 0.3) is 0 Å². The minimum absolute atomic E-state index is 0.100. The first-order valence-corrected chi connectivity index (χ1v) is 12.0. The number of sulfonamides is 1. The normalized spacial score (nSPS) is 16.6. The van der Waals surface area contributed by atoms with E-state index in [4.69, 9.17) is 0 Å². The second kappa shape index (κ2) is 10.9. The van der Waals surface area contributed by atoms with Crippen LogP contribution in [0.1, 0.15) is 40.5 Å². The largest absolute Gasteiger partial charge is 0.354 e. The molecule has 29 heavy (non-hydrogen) atoms. The minimum atomic E-state index is -3.55. The molecular formula is C20H35N5O3S. The van der Waals surface area contributed by atoms with Gasteiger partial charge in [0.2, 0.25) is 15.9 Å². The van der Waals surface area contributed by atoms with Crippen LogP contribution in [-0.4, -0.2) is 81.0 Å². The fraction of sp³-hybridized carbons (Fsp3) is 0.700. The zero-order chi connectivity index (χ0) is 21.4. The van der Waals surface area contributed by atoms with Crippen LogP contribution < -0.4 is 9.62 Å². The molecule has 1 aromatic heterocycles. The van der Waals surface area contributed by atoms with E-state index in [1.54, 1.807) is 12.1 Å². The fourth-order valence-electron chi connectivity index (χ4n) is 3.55. The topological polar surface area (TPSA) is 85.8 Å². The van der Waals surface area contributed by atoms with Crippen molar-refractivity contribution in [3.8, 4) is 0 Å². The van der Waals surface area contributed by atoms with Gasteiger partial charge in [0.05, 0.1) is 6.54 Å². The number of aromatic nitrogens is 1. The van der Waals surface area contributed by atoms with Crippen LogP contribution in [0.15, 0.2) is 23.2 Å². The van der Waals surface area contributed by atoms with Gasteiger partial charge in [-0.1, -0.05) is 13.3 Å². The number of hydrogen-bond acceptors (Lipinski definition) is 6. The number of amides is 1. The highest BCUT2D eigenvalue weighted by Crippen LogP contribution is 2.17. The molecule has 0 radical (unpaired) electrons. The summed E-state index contributed by atoms with van der Waals surface area (Å²) in [6.07, 6.45) is 3.14. The second-order valence-corrected chi connectivity index (χ2v) is 9.21. The summed E-state index contributed by atoms with van der Waals surface area (Å²) in [5.41, 5.74) is 0. The van der Waals surface area contributed by atoms with Crippen LogP contribution in [-0.2, 0) is 14.8 Å². The third kappa shape index (κ3) is 6.65. The molecular weight excluding hydrogens is 390 g/mol. The number of nitrogens with one attached hydrogen (secondary N) is 1. The molecule has 0 aliphatic carbocycles. The molecule has 1 fully saturated rings. The van der Waals surface area contributed by atoms with E-state index in [2.05, 4.69) is 19.5 Å². The molecule has 2 rings (SSSR count). The van der Waals surface area contributed by atoms with Gasteiger partial charge in [0.15, 0.2) is 0 Å². The maximum atomic E-state index is 12.4. The van der Waals surface area contributed by atoms with Crippen LogP contribution in [0.5, 0.6) is 0 Å². The Bertz CT molecular complexity index is 742. The van der Waals surface area contributed by atoms with Gasteiger partial charge >= 0.3 is 0 Å². The lowest BCUT2D eigenvalue weighted by Gasteiger charge is -2.35. The number of carbonyl (C=O) groups is 1. The first-order chi connectivity index (χ1) is 13.8. The molecule has 164 valence electrons. The van der Waals surface area contributed by atoms with Gasteiger partial charge in [-0.2, -0.15) is 0 Å². The second-order valence-electron chi connectivity index (χ2n) is 7.49. The Balaban J connectivity index is 1.91. The highest BCUT2D eigenvalue weighted by molar-refractivity contribution is 7.89. The molecule has 9 heteroatoms. The van der Waals surface area contributed by atoms with Crippen molar-refractivity contribution >= 4 is 21.7 Å². The number of nitrogens with zero attached hydrogens (tertiary/aromatic N) is 4. The zero-order valence-corrected chi connectivity index (χ0v) is 18.9. The summed E-state index contributed by atoms with van der Waals surface area (Å²) < 4.78 is 27.6. The highest BCUT2D eigenvalue weighted by atomic mass is 32.2. The molecule has 1 aliphatic rings. The van der Waals surface area contributed by atoms with Gasteiger partial charge < -0.3 is 9.80 Å². The number of pyridine rings is 1. The molecule has 1 N–H and O–H groups in total. The average Bonchev–Trinajstić information content (AvgIpc) is 2.69. The Morgan fingerprint density at radius 3 is 2.34 bits per heavy atom. The first-order valence-electron chi connectivity index (χ1n) is 10.5. The number of carbonyl (C=O) groups excluding carboxylic acids is 1. The zero-order valence-electron chi connectivity index (χ0n) is 18.1. The van der Waals surface area contributed by atoms with Crippen LogP contribution in [0.4, 0.5) is 5.82 Å². The Labute approximate surface area is 175 Å². The lowest BCUT2D eigenvalue weighted by molar-refractivity contribution is -0.132. The summed E-state index contributed by atoms with van der Waals surface area (Å²) in [5, 5.41) is 0.